The van der Waals surface area contributed by atoms with Gasteiger partial charge in [-0.3, -0.25) is 9.69 Å². The van der Waals surface area contributed by atoms with Crippen LogP contribution < -0.4 is 5.32 Å². The first-order valence-corrected chi connectivity index (χ1v) is 10.1. The van der Waals surface area contributed by atoms with Gasteiger partial charge < -0.3 is 5.32 Å². The van der Waals surface area contributed by atoms with Gasteiger partial charge in [0.1, 0.15) is 0 Å². The molecule has 0 saturated carbocycles. The van der Waals surface area contributed by atoms with E-state index in [9.17, 15) is 4.79 Å². The van der Waals surface area contributed by atoms with Crippen molar-refractivity contribution in [1.82, 2.24) is 10.2 Å². The Morgan fingerprint density at radius 2 is 1.72 bits per heavy atom. The lowest BCUT2D eigenvalue weighted by Gasteiger charge is -2.18. The molecule has 0 aliphatic carbocycles. The highest BCUT2D eigenvalue weighted by atomic mass is 32.2. The van der Waals surface area contributed by atoms with Crippen molar-refractivity contribution in [2.45, 2.75) is 37.8 Å². The maximum Gasteiger partial charge on any atom is 0.252 e. The molecular weight excluding hydrogens is 328 g/mol. The van der Waals surface area contributed by atoms with Gasteiger partial charge in [-0.25, -0.2) is 0 Å². The first kappa shape index (κ1) is 18.0. The Labute approximate surface area is 154 Å². The Kier molecular flexibility index (Phi) is 6.54. The number of likely N-dealkylation sites (tertiary alicyclic amines) is 1. The van der Waals surface area contributed by atoms with Crippen LogP contribution in [0.4, 0.5) is 0 Å². The molecule has 1 amide bonds. The van der Waals surface area contributed by atoms with Gasteiger partial charge in [0, 0.05) is 18.0 Å². The zero-order valence-electron chi connectivity index (χ0n) is 14.8. The zero-order chi connectivity index (χ0) is 17.5. The number of thioether (sulfide) groups is 1. The van der Waals surface area contributed by atoms with Crippen LogP contribution in [0.2, 0.25) is 0 Å². The molecule has 1 heterocycles. The molecule has 0 bridgehead atoms. The lowest BCUT2D eigenvalue weighted by atomic mass is 10.1. The van der Waals surface area contributed by atoms with E-state index in [0.29, 0.717) is 6.54 Å². The van der Waals surface area contributed by atoms with Crippen LogP contribution in [0, 0.1) is 0 Å². The molecule has 0 radical (unpaired) electrons. The number of amides is 1. The van der Waals surface area contributed by atoms with Crippen molar-refractivity contribution in [2.75, 3.05) is 18.8 Å². The van der Waals surface area contributed by atoms with E-state index < -0.39 is 0 Å². The number of hydrogen-bond acceptors (Lipinski definition) is 3. The fourth-order valence-electron chi connectivity index (χ4n) is 3.27. The predicted octanol–water partition coefficient (Wildman–Crippen LogP) is 4.32. The summed E-state index contributed by atoms with van der Waals surface area (Å²) in [7, 11) is 0. The number of hydrogen-bond donors (Lipinski definition) is 1. The molecule has 1 fully saturated rings. The van der Waals surface area contributed by atoms with Crippen LogP contribution >= 0.6 is 11.8 Å². The molecule has 132 valence electrons. The molecule has 2 aromatic carbocycles. The van der Waals surface area contributed by atoms with Crippen molar-refractivity contribution in [1.29, 1.82) is 0 Å². The van der Waals surface area contributed by atoms with E-state index in [-0.39, 0.29) is 5.91 Å². The van der Waals surface area contributed by atoms with Crippen LogP contribution in [-0.2, 0) is 13.1 Å². The summed E-state index contributed by atoms with van der Waals surface area (Å²) in [5.41, 5.74) is 3.30. The SMILES string of the molecule is CCSc1ccccc1C(=O)NCc1ccccc1CN1CCCC1. The van der Waals surface area contributed by atoms with Crippen molar-refractivity contribution in [3.05, 3.63) is 65.2 Å². The van der Waals surface area contributed by atoms with E-state index in [1.807, 2.05) is 24.3 Å². The molecule has 1 saturated heterocycles. The fraction of sp³-hybridized carbons (Fsp3) is 0.381. The lowest BCUT2D eigenvalue weighted by Crippen LogP contribution is -2.25. The maximum absolute atomic E-state index is 12.6. The third-order valence-electron chi connectivity index (χ3n) is 4.58. The second-order valence-corrected chi connectivity index (χ2v) is 7.67. The molecule has 1 N–H and O–H groups in total. The molecule has 3 nitrogen and oxygen atoms in total. The first-order valence-electron chi connectivity index (χ1n) is 9.07. The van der Waals surface area contributed by atoms with Gasteiger partial charge in [-0.2, -0.15) is 0 Å². The monoisotopic (exact) mass is 354 g/mol. The Bertz CT molecular complexity index is 711. The van der Waals surface area contributed by atoms with Gasteiger partial charge >= 0.3 is 0 Å². The number of carbonyl (C=O) groups excluding carboxylic acids is 1. The van der Waals surface area contributed by atoms with Gasteiger partial charge in [0.2, 0.25) is 0 Å². The molecule has 4 heteroatoms. The van der Waals surface area contributed by atoms with Gasteiger partial charge in [-0.15, -0.1) is 11.8 Å². The Balaban J connectivity index is 1.66. The summed E-state index contributed by atoms with van der Waals surface area (Å²) >= 11 is 1.71. The van der Waals surface area contributed by atoms with Gasteiger partial charge in [0.15, 0.2) is 0 Å². The average Bonchev–Trinajstić information content (AvgIpc) is 3.14. The van der Waals surface area contributed by atoms with Crippen LogP contribution in [0.1, 0.15) is 41.3 Å². The molecule has 0 aromatic heterocycles. The third kappa shape index (κ3) is 4.86. The lowest BCUT2D eigenvalue weighted by molar-refractivity contribution is 0.0948. The second-order valence-electron chi connectivity index (χ2n) is 6.36. The van der Waals surface area contributed by atoms with Crippen LogP contribution in [0.5, 0.6) is 0 Å². The van der Waals surface area contributed by atoms with Gasteiger partial charge in [0.25, 0.3) is 5.91 Å². The number of nitrogens with zero attached hydrogens (tertiary/aromatic N) is 1. The van der Waals surface area contributed by atoms with Crippen LogP contribution in [-0.4, -0.2) is 29.6 Å². The largest absolute Gasteiger partial charge is 0.348 e. The van der Waals surface area contributed by atoms with E-state index in [4.69, 9.17) is 0 Å². The number of nitrogens with one attached hydrogen (secondary N) is 1. The minimum absolute atomic E-state index is 0.00697. The Morgan fingerprint density at radius 1 is 1.04 bits per heavy atom. The highest BCUT2D eigenvalue weighted by molar-refractivity contribution is 7.99. The smallest absolute Gasteiger partial charge is 0.252 e. The molecule has 2 aromatic rings. The highest BCUT2D eigenvalue weighted by Crippen LogP contribution is 2.22. The van der Waals surface area contributed by atoms with E-state index in [0.717, 1.165) is 22.8 Å². The standard InChI is InChI=1S/C21H26N2OS/c1-2-25-20-12-6-5-11-19(20)21(24)22-15-17-9-3-4-10-18(17)16-23-13-7-8-14-23/h3-6,9-12H,2,7-8,13-16H2,1H3,(H,22,24). The Morgan fingerprint density at radius 3 is 2.48 bits per heavy atom. The maximum atomic E-state index is 12.6. The predicted molar refractivity (Wildman–Crippen MR) is 105 cm³/mol. The quantitative estimate of drug-likeness (QED) is 0.752. The topological polar surface area (TPSA) is 32.3 Å². The molecule has 1 aliphatic heterocycles. The van der Waals surface area contributed by atoms with Crippen LogP contribution in [0.3, 0.4) is 0 Å². The average molecular weight is 355 g/mol. The minimum atomic E-state index is 0.00697. The first-order chi connectivity index (χ1) is 12.3. The molecule has 0 atom stereocenters. The summed E-state index contributed by atoms with van der Waals surface area (Å²) in [6, 6.07) is 16.3. The van der Waals surface area contributed by atoms with Gasteiger partial charge in [-0.1, -0.05) is 43.3 Å². The van der Waals surface area contributed by atoms with Crippen LogP contribution in [0.25, 0.3) is 0 Å². The third-order valence-corrected chi connectivity index (χ3v) is 5.54. The van der Waals surface area contributed by atoms with Gasteiger partial charge in [0.05, 0.1) is 5.56 Å². The molecule has 25 heavy (non-hydrogen) atoms. The summed E-state index contributed by atoms with van der Waals surface area (Å²) in [4.78, 5) is 16.2. The normalized spacial score (nSPS) is 14.6. The fourth-order valence-corrected chi connectivity index (χ4v) is 4.07. The molecule has 1 aliphatic rings. The Hall–Kier alpha value is -1.78. The molecule has 0 spiro atoms. The van der Waals surface area contributed by atoms with E-state index >= 15 is 0 Å². The van der Waals surface area contributed by atoms with Crippen molar-refractivity contribution in [2.24, 2.45) is 0 Å². The van der Waals surface area contributed by atoms with Crippen molar-refractivity contribution in [3.8, 4) is 0 Å². The summed E-state index contributed by atoms with van der Waals surface area (Å²) in [6.45, 7) is 6.03. The number of rotatable bonds is 7. The van der Waals surface area contributed by atoms with E-state index in [1.165, 1.54) is 37.1 Å². The number of carbonyl (C=O) groups is 1. The number of benzene rings is 2. The zero-order valence-corrected chi connectivity index (χ0v) is 15.6. The summed E-state index contributed by atoms with van der Waals surface area (Å²) in [5, 5.41) is 3.11. The molecule has 3 rings (SSSR count). The highest BCUT2D eigenvalue weighted by Gasteiger charge is 2.15. The molecular formula is C21H26N2OS. The van der Waals surface area contributed by atoms with Crippen molar-refractivity contribution >= 4 is 17.7 Å². The van der Waals surface area contributed by atoms with Crippen LogP contribution in [0.15, 0.2) is 53.4 Å². The second kappa shape index (κ2) is 9.07. The minimum Gasteiger partial charge on any atom is -0.348 e. The summed E-state index contributed by atoms with van der Waals surface area (Å²) in [6.07, 6.45) is 2.59. The van der Waals surface area contributed by atoms with Gasteiger partial charge in [-0.05, 0) is 54.9 Å². The van der Waals surface area contributed by atoms with Crippen molar-refractivity contribution in [3.63, 3.8) is 0 Å². The van der Waals surface area contributed by atoms with E-state index in [2.05, 4.69) is 41.4 Å². The van der Waals surface area contributed by atoms with E-state index in [1.54, 1.807) is 11.8 Å². The van der Waals surface area contributed by atoms with Crippen molar-refractivity contribution < 1.29 is 4.79 Å². The molecule has 0 unspecified atom stereocenters. The summed E-state index contributed by atoms with van der Waals surface area (Å²) < 4.78 is 0. The summed E-state index contributed by atoms with van der Waals surface area (Å²) in [5.74, 6) is 0.968.